The molecule has 0 amide bonds. The first-order chi connectivity index (χ1) is 14.9. The third-order valence-electron chi connectivity index (χ3n) is 4.89. The van der Waals surface area contributed by atoms with Crippen molar-refractivity contribution in [1.82, 2.24) is 20.2 Å². The number of nitrogens with one attached hydrogen (secondary N) is 1. The van der Waals surface area contributed by atoms with Crippen LogP contribution >= 0.6 is 0 Å². The van der Waals surface area contributed by atoms with Crippen molar-refractivity contribution in [3.05, 3.63) is 86.6 Å². The molecule has 4 rings (SSSR count). The molecule has 0 aliphatic carbocycles. The molecule has 156 valence electrons. The maximum absolute atomic E-state index is 13.6. The Morgan fingerprint density at radius 1 is 1.16 bits per heavy atom. The molecule has 31 heavy (non-hydrogen) atoms. The molecule has 1 N–H and O–H groups in total. The largest absolute Gasteiger partial charge is 0.464 e. The summed E-state index contributed by atoms with van der Waals surface area (Å²) in [4.78, 5) is 37.3. The van der Waals surface area contributed by atoms with Crippen molar-refractivity contribution in [2.45, 2.75) is 13.0 Å². The van der Waals surface area contributed by atoms with Crippen molar-refractivity contribution in [2.24, 2.45) is 0 Å². The molecule has 0 saturated heterocycles. The van der Waals surface area contributed by atoms with Crippen LogP contribution < -0.4 is 5.32 Å². The van der Waals surface area contributed by atoms with Crippen LogP contribution in [0.2, 0.25) is 0 Å². The van der Waals surface area contributed by atoms with Gasteiger partial charge in [0.2, 0.25) is 5.95 Å². The summed E-state index contributed by atoms with van der Waals surface area (Å²) in [6.45, 7) is 1.87. The number of tetrazole rings is 1. The highest BCUT2D eigenvalue weighted by Crippen LogP contribution is 2.39. The first kappa shape index (κ1) is 19.9. The number of nitrogens with zero attached hydrogens (tertiary/aromatic N) is 5. The Kier molecular flexibility index (Phi) is 4.99. The third-order valence-corrected chi connectivity index (χ3v) is 4.89. The van der Waals surface area contributed by atoms with Crippen molar-refractivity contribution in [2.75, 3.05) is 12.4 Å². The summed E-state index contributed by atoms with van der Waals surface area (Å²) in [5, 5.41) is 25.8. The monoisotopic (exact) mass is 420 g/mol. The lowest BCUT2D eigenvalue weighted by Gasteiger charge is -2.27. The van der Waals surface area contributed by atoms with Gasteiger partial charge in [0.15, 0.2) is 5.78 Å². The lowest BCUT2D eigenvalue weighted by Crippen LogP contribution is -2.33. The lowest BCUT2D eigenvalue weighted by molar-refractivity contribution is -0.385. The maximum atomic E-state index is 13.6. The highest BCUT2D eigenvalue weighted by molar-refractivity contribution is 6.15. The van der Waals surface area contributed by atoms with Gasteiger partial charge < -0.3 is 10.1 Å². The number of hydrogen-bond acceptors (Lipinski definition) is 9. The average Bonchev–Trinajstić information content (AvgIpc) is 3.25. The molecule has 1 aliphatic rings. The summed E-state index contributed by atoms with van der Waals surface area (Å²) in [5.74, 6) is -1.30. The Morgan fingerprint density at radius 2 is 1.87 bits per heavy atom. The second kappa shape index (κ2) is 7.78. The number of hydrogen-bond donors (Lipinski definition) is 1. The molecular formula is C20H16N6O5. The zero-order valence-electron chi connectivity index (χ0n) is 16.5. The quantitative estimate of drug-likeness (QED) is 0.284. The third kappa shape index (κ3) is 3.41. The number of fused-ring (bicyclic) bond motifs is 1. The van der Waals surface area contributed by atoms with Crippen molar-refractivity contribution in [1.29, 1.82) is 0 Å². The second-order valence-corrected chi connectivity index (χ2v) is 6.77. The highest BCUT2D eigenvalue weighted by atomic mass is 16.6. The van der Waals surface area contributed by atoms with Gasteiger partial charge >= 0.3 is 5.97 Å². The van der Waals surface area contributed by atoms with Gasteiger partial charge in [-0.25, -0.2) is 4.79 Å². The van der Waals surface area contributed by atoms with Gasteiger partial charge in [0.25, 0.3) is 5.69 Å². The summed E-state index contributed by atoms with van der Waals surface area (Å²) >= 11 is 0. The SMILES string of the molecule is COC(=O)C1=C(C(=O)c2ccc(C)cc2)[C@@H](c2ccccc2[N+](=O)[O-])n2nnnc2N1. The Morgan fingerprint density at radius 3 is 2.55 bits per heavy atom. The molecule has 2 aromatic carbocycles. The van der Waals surface area contributed by atoms with E-state index < -0.39 is 22.7 Å². The fourth-order valence-electron chi connectivity index (χ4n) is 3.42. The van der Waals surface area contributed by atoms with E-state index in [0.29, 0.717) is 5.56 Å². The predicted octanol–water partition coefficient (Wildman–Crippen LogP) is 2.21. The minimum absolute atomic E-state index is 0.0454. The first-order valence-corrected chi connectivity index (χ1v) is 9.14. The number of aryl methyl sites for hydroxylation is 1. The number of para-hydroxylation sites is 1. The predicted molar refractivity (Wildman–Crippen MR) is 107 cm³/mol. The molecule has 1 aliphatic heterocycles. The van der Waals surface area contributed by atoms with E-state index in [1.165, 1.54) is 30.0 Å². The minimum Gasteiger partial charge on any atom is -0.464 e. The van der Waals surface area contributed by atoms with E-state index in [9.17, 15) is 19.7 Å². The van der Waals surface area contributed by atoms with Crippen LogP contribution in [0.15, 0.2) is 59.8 Å². The number of allylic oxidation sites excluding steroid dienone is 1. The molecule has 0 fully saturated rings. The van der Waals surface area contributed by atoms with E-state index in [0.717, 1.165) is 5.56 Å². The second-order valence-electron chi connectivity index (χ2n) is 6.77. The van der Waals surface area contributed by atoms with E-state index >= 15 is 0 Å². The van der Waals surface area contributed by atoms with E-state index in [1.807, 2.05) is 6.92 Å². The Labute approximate surface area is 175 Å². The highest BCUT2D eigenvalue weighted by Gasteiger charge is 2.41. The number of carbonyl (C=O) groups excluding carboxylic acids is 2. The van der Waals surface area contributed by atoms with E-state index in [-0.39, 0.29) is 28.5 Å². The Balaban J connectivity index is 2.00. The molecule has 0 saturated carbocycles. The number of ether oxygens (including phenoxy) is 1. The van der Waals surface area contributed by atoms with Gasteiger partial charge in [-0.15, -0.1) is 0 Å². The molecule has 11 nitrogen and oxygen atoms in total. The molecule has 0 radical (unpaired) electrons. The summed E-state index contributed by atoms with van der Waals surface area (Å²) < 4.78 is 6.09. The molecule has 0 bridgehead atoms. The van der Waals surface area contributed by atoms with Gasteiger partial charge in [-0.3, -0.25) is 14.9 Å². The van der Waals surface area contributed by atoms with Gasteiger partial charge in [0.1, 0.15) is 11.7 Å². The average molecular weight is 420 g/mol. The number of nitro benzene ring substituents is 1. The number of ketones is 1. The molecule has 0 spiro atoms. The van der Waals surface area contributed by atoms with Crippen LogP contribution in [0.4, 0.5) is 11.6 Å². The normalized spacial score (nSPS) is 15.1. The molecule has 0 unspecified atom stereocenters. The van der Waals surface area contributed by atoms with Gasteiger partial charge in [0.05, 0.1) is 23.2 Å². The van der Waals surface area contributed by atoms with Crippen LogP contribution in [-0.2, 0) is 9.53 Å². The van der Waals surface area contributed by atoms with Crippen molar-refractivity contribution < 1.29 is 19.2 Å². The van der Waals surface area contributed by atoms with Crippen LogP contribution in [0, 0.1) is 17.0 Å². The van der Waals surface area contributed by atoms with Gasteiger partial charge in [-0.05, 0) is 23.4 Å². The standard InChI is InChI=1S/C20H16N6O5/c1-11-7-9-12(10-8-11)18(27)15-16(19(28)31-2)21-20-22-23-24-25(20)17(15)13-5-3-4-6-14(13)26(29)30/h3-10,17H,1-2H3,(H,21,22,24)/t17-/m1/s1. The number of Topliss-reactive ketones (excluding diaryl/α,β-unsaturated/α-hetero) is 1. The van der Waals surface area contributed by atoms with Crippen molar-refractivity contribution in [3.63, 3.8) is 0 Å². The number of nitro groups is 1. The zero-order valence-corrected chi connectivity index (χ0v) is 16.5. The molecule has 11 heteroatoms. The summed E-state index contributed by atoms with van der Waals surface area (Å²) in [5.41, 5.74) is 0.902. The first-order valence-electron chi connectivity index (χ1n) is 9.14. The Hall–Kier alpha value is -4.41. The Bertz CT molecular complexity index is 1230. The van der Waals surface area contributed by atoms with Crippen LogP contribution in [-0.4, -0.2) is 44.0 Å². The van der Waals surface area contributed by atoms with Crippen LogP contribution in [0.3, 0.4) is 0 Å². The van der Waals surface area contributed by atoms with Gasteiger partial charge in [-0.2, -0.15) is 4.68 Å². The van der Waals surface area contributed by atoms with E-state index in [2.05, 4.69) is 20.8 Å². The number of benzene rings is 2. The molecule has 1 atom stereocenters. The molecule has 3 aromatic rings. The number of aromatic nitrogens is 4. The molecule has 2 heterocycles. The van der Waals surface area contributed by atoms with Crippen molar-refractivity contribution in [3.8, 4) is 0 Å². The van der Waals surface area contributed by atoms with Gasteiger partial charge in [0, 0.05) is 11.6 Å². The number of carbonyl (C=O) groups is 2. The summed E-state index contributed by atoms with van der Waals surface area (Å²) in [7, 11) is 1.17. The number of methoxy groups -OCH3 is 1. The fourth-order valence-corrected chi connectivity index (χ4v) is 3.42. The fraction of sp³-hybridized carbons (Fsp3) is 0.150. The summed E-state index contributed by atoms with van der Waals surface area (Å²) in [6.07, 6.45) is 0. The minimum atomic E-state index is -1.13. The van der Waals surface area contributed by atoms with Gasteiger partial charge in [-0.1, -0.05) is 47.1 Å². The number of anilines is 1. The number of esters is 1. The molecular weight excluding hydrogens is 404 g/mol. The van der Waals surface area contributed by atoms with E-state index in [1.54, 1.807) is 30.3 Å². The smallest absolute Gasteiger partial charge is 0.355 e. The molecule has 1 aromatic heterocycles. The number of rotatable bonds is 5. The van der Waals surface area contributed by atoms with Crippen molar-refractivity contribution >= 4 is 23.4 Å². The van der Waals surface area contributed by atoms with Crippen LogP contribution in [0.5, 0.6) is 0 Å². The lowest BCUT2D eigenvalue weighted by atomic mass is 9.88. The topological polar surface area (TPSA) is 142 Å². The van der Waals surface area contributed by atoms with Crippen LogP contribution in [0.25, 0.3) is 0 Å². The van der Waals surface area contributed by atoms with Crippen LogP contribution in [0.1, 0.15) is 27.5 Å². The van der Waals surface area contributed by atoms with E-state index in [4.69, 9.17) is 4.74 Å². The summed E-state index contributed by atoms with van der Waals surface area (Å²) in [6, 6.07) is 11.5. The zero-order chi connectivity index (χ0) is 22.1. The maximum Gasteiger partial charge on any atom is 0.355 e.